The van der Waals surface area contributed by atoms with E-state index >= 15 is 0 Å². The summed E-state index contributed by atoms with van der Waals surface area (Å²) >= 11 is 7.54. The Balaban J connectivity index is 1.61. The number of rotatable bonds is 7. The zero-order valence-corrected chi connectivity index (χ0v) is 17.8. The first-order valence-corrected chi connectivity index (χ1v) is 11.7. The van der Waals surface area contributed by atoms with E-state index in [4.69, 9.17) is 16.3 Å². The van der Waals surface area contributed by atoms with Crippen molar-refractivity contribution < 1.29 is 17.9 Å². The van der Waals surface area contributed by atoms with Gasteiger partial charge in [-0.15, -0.1) is 11.3 Å². The summed E-state index contributed by atoms with van der Waals surface area (Å²) in [7, 11) is -3.69. The van der Waals surface area contributed by atoms with E-state index in [-0.39, 0.29) is 29.8 Å². The molecule has 3 rings (SSSR count). The molecule has 1 aromatic heterocycles. The summed E-state index contributed by atoms with van der Waals surface area (Å²) in [6.45, 7) is 3.21. The fourth-order valence-electron chi connectivity index (χ4n) is 3.09. The summed E-state index contributed by atoms with van der Waals surface area (Å²) in [5.41, 5.74) is 0. The van der Waals surface area contributed by atoms with Gasteiger partial charge in [0.05, 0.1) is 18.0 Å². The highest BCUT2D eigenvalue weighted by Crippen LogP contribution is 2.29. The summed E-state index contributed by atoms with van der Waals surface area (Å²) < 4.78 is 32.7. The first-order valence-electron chi connectivity index (χ1n) is 8.99. The van der Waals surface area contributed by atoms with E-state index in [9.17, 15) is 13.2 Å². The van der Waals surface area contributed by atoms with Crippen LogP contribution in [0.5, 0.6) is 5.75 Å². The number of nitrogens with one attached hydrogen (secondary N) is 1. The molecule has 0 spiro atoms. The Labute approximate surface area is 173 Å². The fourth-order valence-corrected chi connectivity index (χ4v) is 5.47. The van der Waals surface area contributed by atoms with Gasteiger partial charge in [-0.05, 0) is 31.9 Å². The molecule has 0 bridgehead atoms. The third kappa shape index (κ3) is 5.02. The molecule has 2 heterocycles. The van der Waals surface area contributed by atoms with Crippen molar-refractivity contribution in [2.24, 2.45) is 5.92 Å². The normalized spacial score (nSPS) is 16.1. The van der Waals surface area contributed by atoms with Gasteiger partial charge in [0.25, 0.3) is 0 Å². The molecular formula is C18H22ClN3O4S2. The maximum absolute atomic E-state index is 13.0. The summed E-state index contributed by atoms with van der Waals surface area (Å²) in [6, 6.07) is 4.49. The van der Waals surface area contributed by atoms with E-state index in [0.29, 0.717) is 36.8 Å². The number of aromatic nitrogens is 1. The van der Waals surface area contributed by atoms with Crippen molar-refractivity contribution in [3.05, 3.63) is 39.8 Å². The van der Waals surface area contributed by atoms with E-state index in [0.717, 1.165) is 5.01 Å². The molecule has 0 unspecified atom stereocenters. The van der Waals surface area contributed by atoms with Gasteiger partial charge in [-0.3, -0.25) is 4.79 Å². The maximum atomic E-state index is 13.0. The predicted octanol–water partition coefficient (Wildman–Crippen LogP) is 2.91. The third-order valence-corrected chi connectivity index (χ3v) is 7.39. The molecule has 0 radical (unpaired) electrons. The number of thiazole rings is 1. The number of halogens is 1. The Morgan fingerprint density at radius 3 is 2.75 bits per heavy atom. The molecule has 1 N–H and O–H groups in total. The lowest BCUT2D eigenvalue weighted by Crippen LogP contribution is -2.42. The zero-order chi connectivity index (χ0) is 20.1. The van der Waals surface area contributed by atoms with Crippen LogP contribution in [0, 0.1) is 5.92 Å². The van der Waals surface area contributed by atoms with E-state index < -0.39 is 10.0 Å². The predicted molar refractivity (Wildman–Crippen MR) is 108 cm³/mol. The average Bonchev–Trinajstić information content (AvgIpc) is 3.19. The van der Waals surface area contributed by atoms with Crippen molar-refractivity contribution in [1.82, 2.24) is 14.6 Å². The smallest absolute Gasteiger partial charge is 0.243 e. The number of carbonyl (C=O) groups excluding carboxylic acids is 1. The monoisotopic (exact) mass is 443 g/mol. The van der Waals surface area contributed by atoms with Crippen LogP contribution in [0.25, 0.3) is 0 Å². The molecule has 28 heavy (non-hydrogen) atoms. The van der Waals surface area contributed by atoms with Gasteiger partial charge in [0.2, 0.25) is 15.9 Å². The van der Waals surface area contributed by atoms with Gasteiger partial charge < -0.3 is 10.1 Å². The van der Waals surface area contributed by atoms with Crippen molar-refractivity contribution in [1.29, 1.82) is 0 Å². The van der Waals surface area contributed by atoms with Crippen molar-refractivity contribution in [2.75, 3.05) is 19.7 Å². The number of carbonyl (C=O) groups is 1. The van der Waals surface area contributed by atoms with E-state index in [1.807, 2.05) is 12.3 Å². The van der Waals surface area contributed by atoms with Crippen LogP contribution < -0.4 is 10.1 Å². The summed E-state index contributed by atoms with van der Waals surface area (Å²) in [4.78, 5) is 16.6. The quantitative estimate of drug-likeness (QED) is 0.710. The average molecular weight is 444 g/mol. The minimum atomic E-state index is -3.69. The summed E-state index contributed by atoms with van der Waals surface area (Å²) in [5.74, 6) is 0.156. The fraction of sp³-hybridized carbons (Fsp3) is 0.444. The van der Waals surface area contributed by atoms with Gasteiger partial charge in [0, 0.05) is 41.7 Å². The van der Waals surface area contributed by atoms with Crippen molar-refractivity contribution in [3.8, 4) is 5.75 Å². The lowest BCUT2D eigenvalue weighted by Gasteiger charge is -2.30. The molecule has 0 atom stereocenters. The number of piperidine rings is 1. The number of benzene rings is 1. The van der Waals surface area contributed by atoms with Crippen LogP contribution in [0.1, 0.15) is 24.8 Å². The van der Waals surface area contributed by atoms with Gasteiger partial charge in [-0.2, -0.15) is 4.31 Å². The van der Waals surface area contributed by atoms with Crippen LogP contribution in [0.4, 0.5) is 0 Å². The second kappa shape index (κ2) is 9.21. The van der Waals surface area contributed by atoms with E-state index in [2.05, 4.69) is 10.3 Å². The Bertz CT molecular complexity index is 911. The van der Waals surface area contributed by atoms with Crippen molar-refractivity contribution in [3.63, 3.8) is 0 Å². The highest BCUT2D eigenvalue weighted by molar-refractivity contribution is 7.89. The van der Waals surface area contributed by atoms with E-state index in [1.165, 1.54) is 27.8 Å². The number of ether oxygens (including phenoxy) is 1. The molecule has 7 nitrogen and oxygen atoms in total. The maximum Gasteiger partial charge on any atom is 0.243 e. The van der Waals surface area contributed by atoms with Crippen LogP contribution in [0.15, 0.2) is 34.7 Å². The van der Waals surface area contributed by atoms with Crippen molar-refractivity contribution >= 4 is 38.9 Å². The molecule has 1 amide bonds. The SMILES string of the molecule is CCOc1cc(Cl)cc(S(=O)(=O)N2CCC(C(=O)NCc3nccs3)CC2)c1. The molecule has 1 aliphatic heterocycles. The largest absolute Gasteiger partial charge is 0.494 e. The molecule has 1 aromatic carbocycles. The van der Waals surface area contributed by atoms with Gasteiger partial charge in [0.15, 0.2) is 0 Å². The molecule has 1 saturated heterocycles. The molecule has 152 valence electrons. The number of hydrogen-bond donors (Lipinski definition) is 1. The van der Waals surface area contributed by atoms with Crippen LogP contribution in [0.2, 0.25) is 5.02 Å². The topological polar surface area (TPSA) is 88.6 Å². The Hall–Kier alpha value is -1.68. The minimum absolute atomic E-state index is 0.0614. The molecule has 2 aromatic rings. The molecule has 1 aliphatic rings. The van der Waals surface area contributed by atoms with Gasteiger partial charge in [0.1, 0.15) is 10.8 Å². The Morgan fingerprint density at radius 1 is 1.36 bits per heavy atom. The Morgan fingerprint density at radius 2 is 2.11 bits per heavy atom. The van der Waals surface area contributed by atoms with Gasteiger partial charge in [-0.1, -0.05) is 11.6 Å². The number of nitrogens with zero attached hydrogens (tertiary/aromatic N) is 2. The second-order valence-corrected chi connectivity index (χ2v) is 9.73. The van der Waals surface area contributed by atoms with E-state index in [1.54, 1.807) is 12.3 Å². The summed E-state index contributed by atoms with van der Waals surface area (Å²) in [6.07, 6.45) is 2.64. The summed E-state index contributed by atoms with van der Waals surface area (Å²) in [5, 5.41) is 5.89. The lowest BCUT2D eigenvalue weighted by molar-refractivity contribution is -0.126. The van der Waals surface area contributed by atoms with Crippen LogP contribution in [0.3, 0.4) is 0 Å². The number of amides is 1. The highest BCUT2D eigenvalue weighted by Gasteiger charge is 2.32. The van der Waals surface area contributed by atoms with Crippen LogP contribution in [-0.4, -0.2) is 43.3 Å². The third-order valence-electron chi connectivity index (χ3n) is 4.52. The second-order valence-electron chi connectivity index (χ2n) is 6.38. The highest BCUT2D eigenvalue weighted by atomic mass is 35.5. The van der Waals surface area contributed by atoms with Crippen LogP contribution >= 0.6 is 22.9 Å². The van der Waals surface area contributed by atoms with Crippen LogP contribution in [-0.2, 0) is 21.4 Å². The lowest BCUT2D eigenvalue weighted by atomic mass is 9.97. The molecule has 0 saturated carbocycles. The number of sulfonamides is 1. The van der Waals surface area contributed by atoms with Gasteiger partial charge >= 0.3 is 0 Å². The first kappa shape index (κ1) is 21.0. The Kier molecular flexibility index (Phi) is 6.92. The zero-order valence-electron chi connectivity index (χ0n) is 15.4. The molecule has 0 aliphatic carbocycles. The van der Waals surface area contributed by atoms with Crippen molar-refractivity contribution in [2.45, 2.75) is 31.2 Å². The van der Waals surface area contributed by atoms with Gasteiger partial charge in [-0.25, -0.2) is 13.4 Å². The first-order chi connectivity index (χ1) is 13.4. The minimum Gasteiger partial charge on any atom is -0.494 e. The molecule has 10 heteroatoms. The molecular weight excluding hydrogens is 422 g/mol. The standard InChI is InChI=1S/C18H22ClN3O4S2/c1-2-26-15-9-14(19)10-16(11-15)28(24,25)22-6-3-13(4-7-22)18(23)21-12-17-20-5-8-27-17/h5,8-11,13H,2-4,6-7,12H2,1H3,(H,21,23). The number of hydrogen-bond acceptors (Lipinski definition) is 6. The molecule has 1 fully saturated rings.